The molecule has 0 aromatic heterocycles. The molecule has 0 aliphatic rings. The van der Waals surface area contributed by atoms with Crippen molar-refractivity contribution in [1.82, 2.24) is 6.15 Å². The molecule has 0 radical (unpaired) electrons. The number of hydrogen-bond donors (Lipinski definition) is 3. The lowest BCUT2D eigenvalue weighted by atomic mass is 9.55. The highest BCUT2D eigenvalue weighted by atomic mass is 16.4. The number of rotatable bonds is 15. The van der Waals surface area contributed by atoms with Gasteiger partial charge < -0.3 is 16.4 Å². The molecule has 0 bridgehead atoms. The van der Waals surface area contributed by atoms with Crippen LogP contribution in [0.5, 0.6) is 0 Å². The molecule has 0 aromatic rings. The van der Waals surface area contributed by atoms with Gasteiger partial charge in [-0.3, -0.25) is 9.59 Å². The van der Waals surface area contributed by atoms with E-state index in [9.17, 15) is 19.8 Å². The van der Waals surface area contributed by atoms with Gasteiger partial charge in [-0.25, -0.2) is 0 Å². The second-order valence-electron chi connectivity index (χ2n) is 7.19. The molecule has 25 heavy (non-hydrogen) atoms. The SMILES string of the molecule is CCCCC(CCCC)(C(=O)O)C(CCCC)(CCCC)C(=O)O.N. The minimum absolute atomic E-state index is 0. The quantitative estimate of drug-likeness (QED) is 0.329. The molecule has 0 fully saturated rings. The van der Waals surface area contributed by atoms with E-state index >= 15 is 0 Å². The average molecular weight is 360 g/mol. The molecule has 0 aromatic carbocycles. The summed E-state index contributed by atoms with van der Waals surface area (Å²) in [7, 11) is 0. The van der Waals surface area contributed by atoms with Crippen LogP contribution in [0.15, 0.2) is 0 Å². The molecular formula is C20H41NO4. The Labute approximate surface area is 154 Å². The van der Waals surface area contributed by atoms with Gasteiger partial charge in [0, 0.05) is 0 Å². The van der Waals surface area contributed by atoms with Crippen molar-refractivity contribution in [3.05, 3.63) is 0 Å². The Balaban J connectivity index is 0. The van der Waals surface area contributed by atoms with E-state index in [0.29, 0.717) is 25.7 Å². The van der Waals surface area contributed by atoms with E-state index in [1.54, 1.807) is 0 Å². The van der Waals surface area contributed by atoms with Crippen molar-refractivity contribution in [1.29, 1.82) is 0 Å². The number of carbonyl (C=O) groups is 2. The summed E-state index contributed by atoms with van der Waals surface area (Å²) in [6, 6.07) is 0. The maximum atomic E-state index is 12.4. The third-order valence-electron chi connectivity index (χ3n) is 5.56. The maximum absolute atomic E-state index is 12.4. The first-order chi connectivity index (χ1) is 11.4. The zero-order valence-electron chi connectivity index (χ0n) is 16.9. The second kappa shape index (κ2) is 13.2. The lowest BCUT2D eigenvalue weighted by Crippen LogP contribution is -2.53. The minimum atomic E-state index is -1.14. The van der Waals surface area contributed by atoms with Crippen LogP contribution in [0, 0.1) is 10.8 Å². The number of aliphatic carboxylic acids is 2. The second-order valence-corrected chi connectivity index (χ2v) is 7.19. The van der Waals surface area contributed by atoms with Crippen LogP contribution in [0.4, 0.5) is 0 Å². The minimum Gasteiger partial charge on any atom is -0.481 e. The van der Waals surface area contributed by atoms with Gasteiger partial charge in [0.15, 0.2) is 0 Å². The Morgan fingerprint density at radius 2 is 0.800 bits per heavy atom. The number of unbranched alkanes of at least 4 members (excludes halogenated alkanes) is 4. The largest absolute Gasteiger partial charge is 0.481 e. The number of hydrogen-bond acceptors (Lipinski definition) is 3. The van der Waals surface area contributed by atoms with Crippen molar-refractivity contribution < 1.29 is 19.8 Å². The van der Waals surface area contributed by atoms with E-state index in [2.05, 4.69) is 0 Å². The van der Waals surface area contributed by atoms with Crippen molar-refractivity contribution in [2.24, 2.45) is 10.8 Å². The predicted octanol–water partition coefficient (Wildman–Crippen LogP) is 6.05. The highest BCUT2D eigenvalue weighted by Gasteiger charge is 2.59. The van der Waals surface area contributed by atoms with Crippen molar-refractivity contribution >= 4 is 11.9 Å². The first kappa shape index (κ1) is 26.1. The van der Waals surface area contributed by atoms with Crippen molar-refractivity contribution in [2.75, 3.05) is 0 Å². The molecule has 0 unspecified atom stereocenters. The molecule has 0 amide bonds. The summed E-state index contributed by atoms with van der Waals surface area (Å²) in [6.07, 6.45) is 8.50. The van der Waals surface area contributed by atoms with Crippen LogP contribution in [0.1, 0.15) is 105 Å². The summed E-state index contributed by atoms with van der Waals surface area (Å²) in [6.45, 7) is 8.14. The lowest BCUT2D eigenvalue weighted by molar-refractivity contribution is -0.179. The van der Waals surface area contributed by atoms with Gasteiger partial charge in [0.05, 0.1) is 10.8 Å². The van der Waals surface area contributed by atoms with Crippen LogP contribution >= 0.6 is 0 Å². The topological polar surface area (TPSA) is 110 Å². The standard InChI is InChI=1S/C20H38O4.H3N/c1-5-9-13-19(17(21)22,14-10-6-2)20(18(23)24,15-11-7-3)16-12-8-4;/h5-16H2,1-4H3,(H,21,22)(H,23,24);1H3. The summed E-state index contributed by atoms with van der Waals surface area (Å²) in [5.74, 6) is -1.81. The zero-order chi connectivity index (χ0) is 18.6. The van der Waals surface area contributed by atoms with Gasteiger partial charge in [-0.2, -0.15) is 0 Å². The average Bonchev–Trinajstić information content (AvgIpc) is 2.55. The summed E-state index contributed by atoms with van der Waals surface area (Å²) in [5.41, 5.74) is -2.29. The molecular weight excluding hydrogens is 318 g/mol. The van der Waals surface area contributed by atoms with Gasteiger partial charge in [-0.1, -0.05) is 79.1 Å². The van der Waals surface area contributed by atoms with E-state index in [-0.39, 0.29) is 6.15 Å². The molecule has 5 nitrogen and oxygen atoms in total. The summed E-state index contributed by atoms with van der Waals surface area (Å²) in [5, 5.41) is 20.4. The monoisotopic (exact) mass is 359 g/mol. The van der Waals surface area contributed by atoms with Gasteiger partial charge in [-0.05, 0) is 25.7 Å². The van der Waals surface area contributed by atoms with Gasteiger partial charge in [0.2, 0.25) is 0 Å². The Hall–Kier alpha value is -1.10. The number of carboxylic acids is 2. The third-order valence-corrected chi connectivity index (χ3v) is 5.56. The molecule has 5 heteroatoms. The molecule has 0 atom stereocenters. The molecule has 0 saturated heterocycles. The van der Waals surface area contributed by atoms with E-state index in [1.807, 2.05) is 27.7 Å². The Bertz CT molecular complexity index is 330. The third kappa shape index (κ3) is 6.28. The lowest BCUT2D eigenvalue weighted by Gasteiger charge is -2.46. The molecule has 0 aliphatic heterocycles. The molecule has 150 valence electrons. The van der Waals surface area contributed by atoms with E-state index in [4.69, 9.17) is 0 Å². The van der Waals surface area contributed by atoms with Crippen LogP contribution in [-0.2, 0) is 9.59 Å². The Morgan fingerprint density at radius 1 is 0.600 bits per heavy atom. The summed E-state index contributed by atoms with van der Waals surface area (Å²) in [4.78, 5) is 24.9. The van der Waals surface area contributed by atoms with Crippen LogP contribution in [0.2, 0.25) is 0 Å². The molecule has 0 aliphatic carbocycles. The fraction of sp³-hybridized carbons (Fsp3) is 0.900. The van der Waals surface area contributed by atoms with Crippen LogP contribution in [0.3, 0.4) is 0 Å². The van der Waals surface area contributed by atoms with Gasteiger partial charge >= 0.3 is 11.9 Å². The fourth-order valence-corrected chi connectivity index (χ4v) is 3.96. The molecule has 0 rings (SSSR count). The van der Waals surface area contributed by atoms with Crippen LogP contribution in [-0.4, -0.2) is 22.2 Å². The van der Waals surface area contributed by atoms with Crippen molar-refractivity contribution in [3.63, 3.8) is 0 Å². The summed E-state index contributed by atoms with van der Waals surface area (Å²) >= 11 is 0. The molecule has 0 spiro atoms. The van der Waals surface area contributed by atoms with E-state index < -0.39 is 22.8 Å². The fourth-order valence-electron chi connectivity index (χ4n) is 3.96. The molecule has 0 heterocycles. The Kier molecular flexibility index (Phi) is 13.7. The highest BCUT2D eigenvalue weighted by molar-refractivity contribution is 5.86. The van der Waals surface area contributed by atoms with Gasteiger partial charge in [-0.15, -0.1) is 0 Å². The zero-order valence-corrected chi connectivity index (χ0v) is 16.9. The smallest absolute Gasteiger partial charge is 0.310 e. The predicted molar refractivity (Wildman–Crippen MR) is 103 cm³/mol. The van der Waals surface area contributed by atoms with Crippen molar-refractivity contribution in [2.45, 2.75) is 105 Å². The molecule has 5 N–H and O–H groups in total. The normalized spacial score (nSPS) is 11.8. The number of carboxylic acid groups (broad SMARTS) is 2. The van der Waals surface area contributed by atoms with Crippen LogP contribution in [0.25, 0.3) is 0 Å². The van der Waals surface area contributed by atoms with E-state index in [0.717, 1.165) is 51.4 Å². The molecule has 0 saturated carbocycles. The first-order valence-electron chi connectivity index (χ1n) is 9.85. The maximum Gasteiger partial charge on any atom is 0.310 e. The van der Waals surface area contributed by atoms with Crippen molar-refractivity contribution in [3.8, 4) is 0 Å². The van der Waals surface area contributed by atoms with Gasteiger partial charge in [0.1, 0.15) is 0 Å². The summed E-state index contributed by atoms with van der Waals surface area (Å²) < 4.78 is 0. The van der Waals surface area contributed by atoms with E-state index in [1.165, 1.54) is 0 Å². The first-order valence-corrected chi connectivity index (χ1v) is 9.85. The van der Waals surface area contributed by atoms with Gasteiger partial charge in [0.25, 0.3) is 0 Å². The van der Waals surface area contributed by atoms with Crippen LogP contribution < -0.4 is 6.15 Å². The highest BCUT2D eigenvalue weighted by Crippen LogP contribution is 2.54. The Morgan fingerprint density at radius 3 is 0.920 bits per heavy atom.